The number of aromatic amines is 1. The number of amides is 1. The lowest BCUT2D eigenvalue weighted by molar-refractivity contribution is 0.0761. The number of carbonyl (C=O) groups is 1. The highest BCUT2D eigenvalue weighted by molar-refractivity contribution is 7.91. The second-order valence-corrected chi connectivity index (χ2v) is 9.87. The quantitative estimate of drug-likeness (QED) is 0.727. The van der Waals surface area contributed by atoms with Crippen LogP contribution in [0.5, 0.6) is 5.75 Å². The van der Waals surface area contributed by atoms with Gasteiger partial charge in [0.05, 0.1) is 18.1 Å². The van der Waals surface area contributed by atoms with E-state index in [4.69, 9.17) is 4.74 Å². The SMILES string of the molecule is COc1ccc2cc(C(=O)N3CC[C@H](c4cccs4)S(=O)(=O)CC3)[nH]c2c1. The zero-order chi connectivity index (χ0) is 19.0. The first-order chi connectivity index (χ1) is 13.0. The summed E-state index contributed by atoms with van der Waals surface area (Å²) in [5.74, 6) is 0.519. The molecule has 0 spiro atoms. The number of rotatable bonds is 3. The normalized spacial score (nSPS) is 19.7. The Bertz CT molecular complexity index is 1070. The van der Waals surface area contributed by atoms with Crippen LogP contribution in [-0.2, 0) is 9.84 Å². The molecule has 0 unspecified atom stereocenters. The molecule has 0 saturated carbocycles. The highest BCUT2D eigenvalue weighted by atomic mass is 32.2. The molecule has 1 atom stereocenters. The Morgan fingerprint density at radius 3 is 2.85 bits per heavy atom. The van der Waals surface area contributed by atoms with Gasteiger partial charge in [-0.1, -0.05) is 6.07 Å². The third-order valence-electron chi connectivity index (χ3n) is 4.95. The number of sulfone groups is 1. The molecule has 1 aliphatic rings. The lowest BCUT2D eigenvalue weighted by Gasteiger charge is -2.19. The Morgan fingerprint density at radius 2 is 2.11 bits per heavy atom. The summed E-state index contributed by atoms with van der Waals surface area (Å²) < 4.78 is 30.5. The van der Waals surface area contributed by atoms with E-state index in [9.17, 15) is 13.2 Å². The average molecular weight is 405 g/mol. The summed E-state index contributed by atoms with van der Waals surface area (Å²) in [7, 11) is -1.68. The Kier molecular flexibility index (Phi) is 4.69. The van der Waals surface area contributed by atoms with E-state index in [0.29, 0.717) is 24.4 Å². The van der Waals surface area contributed by atoms with E-state index < -0.39 is 15.1 Å². The zero-order valence-electron chi connectivity index (χ0n) is 14.8. The number of hydrogen-bond acceptors (Lipinski definition) is 5. The highest BCUT2D eigenvalue weighted by Gasteiger charge is 2.33. The molecule has 0 bridgehead atoms. The minimum absolute atomic E-state index is 0.0185. The van der Waals surface area contributed by atoms with Gasteiger partial charge in [0.25, 0.3) is 5.91 Å². The Hall–Kier alpha value is -2.32. The molecule has 142 valence electrons. The van der Waals surface area contributed by atoms with Gasteiger partial charge in [-0.25, -0.2) is 8.42 Å². The van der Waals surface area contributed by atoms with Crippen molar-refractivity contribution in [2.75, 3.05) is 26.0 Å². The van der Waals surface area contributed by atoms with Crippen molar-refractivity contribution < 1.29 is 17.9 Å². The fourth-order valence-corrected chi connectivity index (χ4v) is 6.46. The van der Waals surface area contributed by atoms with Crippen LogP contribution in [0.2, 0.25) is 0 Å². The summed E-state index contributed by atoms with van der Waals surface area (Å²) in [6.45, 7) is 0.626. The molecular formula is C19H20N2O4S2. The third kappa shape index (κ3) is 3.46. The maximum atomic E-state index is 13.0. The molecule has 2 aromatic heterocycles. The first kappa shape index (κ1) is 18.1. The lowest BCUT2D eigenvalue weighted by Crippen LogP contribution is -2.33. The molecule has 0 aliphatic carbocycles. The number of thiophene rings is 1. The minimum atomic E-state index is -3.28. The van der Waals surface area contributed by atoms with Crippen LogP contribution >= 0.6 is 11.3 Å². The smallest absolute Gasteiger partial charge is 0.270 e. The summed E-state index contributed by atoms with van der Waals surface area (Å²) in [6.07, 6.45) is 0.419. The first-order valence-electron chi connectivity index (χ1n) is 8.69. The van der Waals surface area contributed by atoms with Crippen molar-refractivity contribution in [1.29, 1.82) is 0 Å². The van der Waals surface area contributed by atoms with Gasteiger partial charge in [-0.05, 0) is 36.1 Å². The standard InChI is InChI=1S/C19H20N2O4S2/c1-25-14-5-4-13-11-16(20-15(13)12-14)19(22)21-7-6-18(17-3-2-9-26-17)27(23,24)10-8-21/h2-5,9,11-12,18,20H,6-8,10H2,1H3/t18-/m1/s1. The molecular weight excluding hydrogens is 384 g/mol. The van der Waals surface area contributed by atoms with E-state index in [1.54, 1.807) is 18.1 Å². The van der Waals surface area contributed by atoms with Gasteiger partial charge in [-0.15, -0.1) is 11.3 Å². The molecule has 1 saturated heterocycles. The van der Waals surface area contributed by atoms with Gasteiger partial charge in [-0.2, -0.15) is 0 Å². The van der Waals surface area contributed by atoms with E-state index in [1.165, 1.54) is 11.3 Å². The number of benzene rings is 1. The van der Waals surface area contributed by atoms with Crippen LogP contribution in [-0.4, -0.2) is 50.2 Å². The highest BCUT2D eigenvalue weighted by Crippen LogP contribution is 2.32. The van der Waals surface area contributed by atoms with Crippen LogP contribution in [0.1, 0.15) is 27.0 Å². The molecule has 6 nitrogen and oxygen atoms in total. The molecule has 1 aromatic carbocycles. The molecule has 4 rings (SSSR count). The Labute approximate surface area is 161 Å². The van der Waals surface area contributed by atoms with Crippen LogP contribution in [0.15, 0.2) is 41.8 Å². The van der Waals surface area contributed by atoms with Crippen molar-refractivity contribution in [3.63, 3.8) is 0 Å². The number of carbonyl (C=O) groups excluding carboxylic acids is 1. The van der Waals surface area contributed by atoms with Crippen LogP contribution in [0.4, 0.5) is 0 Å². The van der Waals surface area contributed by atoms with Crippen molar-refractivity contribution in [2.45, 2.75) is 11.7 Å². The fourth-order valence-electron chi connectivity index (χ4n) is 3.46. The summed E-state index contributed by atoms with van der Waals surface area (Å²) in [5, 5.41) is 2.28. The molecule has 1 aliphatic heterocycles. The van der Waals surface area contributed by atoms with Crippen molar-refractivity contribution >= 4 is 38.0 Å². The predicted molar refractivity (Wildman–Crippen MR) is 106 cm³/mol. The van der Waals surface area contributed by atoms with Crippen molar-refractivity contribution in [2.24, 2.45) is 0 Å². The predicted octanol–water partition coefficient (Wildman–Crippen LogP) is 3.24. The van der Waals surface area contributed by atoms with Crippen LogP contribution in [0.3, 0.4) is 0 Å². The van der Waals surface area contributed by atoms with Gasteiger partial charge in [0, 0.05) is 34.9 Å². The Morgan fingerprint density at radius 1 is 1.26 bits per heavy atom. The van der Waals surface area contributed by atoms with Crippen LogP contribution < -0.4 is 4.74 Å². The van der Waals surface area contributed by atoms with Crippen LogP contribution in [0.25, 0.3) is 10.9 Å². The topological polar surface area (TPSA) is 79.5 Å². The molecule has 1 N–H and O–H groups in total. The third-order valence-corrected chi connectivity index (χ3v) is 8.19. The molecule has 3 aromatic rings. The second kappa shape index (κ2) is 7.01. The molecule has 0 radical (unpaired) electrons. The van der Waals surface area contributed by atoms with E-state index >= 15 is 0 Å². The number of hydrogen-bond donors (Lipinski definition) is 1. The maximum absolute atomic E-state index is 13.0. The van der Waals surface area contributed by atoms with Gasteiger partial charge in [0.2, 0.25) is 0 Å². The van der Waals surface area contributed by atoms with Gasteiger partial charge < -0.3 is 14.6 Å². The zero-order valence-corrected chi connectivity index (χ0v) is 16.5. The largest absolute Gasteiger partial charge is 0.497 e. The van der Waals surface area contributed by atoms with E-state index in [0.717, 1.165) is 15.8 Å². The van der Waals surface area contributed by atoms with Gasteiger partial charge in [-0.3, -0.25) is 4.79 Å². The van der Waals surface area contributed by atoms with Gasteiger partial charge >= 0.3 is 0 Å². The van der Waals surface area contributed by atoms with Crippen molar-refractivity contribution in [3.05, 3.63) is 52.3 Å². The second-order valence-electron chi connectivity index (χ2n) is 6.59. The minimum Gasteiger partial charge on any atom is -0.497 e. The average Bonchev–Trinajstić information content (AvgIpc) is 3.29. The summed E-state index contributed by atoms with van der Waals surface area (Å²) in [6, 6.07) is 11.1. The van der Waals surface area contributed by atoms with Gasteiger partial charge in [0.1, 0.15) is 11.4 Å². The molecule has 3 heterocycles. The Balaban J connectivity index is 1.58. The summed E-state index contributed by atoms with van der Waals surface area (Å²) >= 11 is 1.45. The maximum Gasteiger partial charge on any atom is 0.270 e. The fraction of sp³-hybridized carbons (Fsp3) is 0.316. The molecule has 1 fully saturated rings. The number of fused-ring (bicyclic) bond motifs is 1. The number of ether oxygens (including phenoxy) is 1. The molecule has 8 heteroatoms. The van der Waals surface area contributed by atoms with E-state index in [2.05, 4.69) is 4.98 Å². The number of H-pyrrole nitrogens is 1. The van der Waals surface area contributed by atoms with Crippen molar-refractivity contribution in [3.8, 4) is 5.75 Å². The van der Waals surface area contributed by atoms with E-state index in [-0.39, 0.29) is 18.2 Å². The first-order valence-corrected chi connectivity index (χ1v) is 11.3. The number of nitrogens with zero attached hydrogens (tertiary/aromatic N) is 1. The summed E-state index contributed by atoms with van der Waals surface area (Å²) in [4.78, 5) is 18.6. The molecule has 1 amide bonds. The monoisotopic (exact) mass is 404 g/mol. The van der Waals surface area contributed by atoms with E-state index in [1.807, 2.05) is 35.7 Å². The van der Waals surface area contributed by atoms with Crippen LogP contribution in [0, 0.1) is 0 Å². The summed E-state index contributed by atoms with van der Waals surface area (Å²) in [5.41, 5.74) is 1.28. The van der Waals surface area contributed by atoms with Gasteiger partial charge in [0.15, 0.2) is 9.84 Å². The number of aromatic nitrogens is 1. The molecule has 27 heavy (non-hydrogen) atoms. The number of nitrogens with one attached hydrogen (secondary N) is 1. The van der Waals surface area contributed by atoms with Crippen molar-refractivity contribution in [1.82, 2.24) is 9.88 Å². The lowest BCUT2D eigenvalue weighted by atomic mass is 10.2. The number of methoxy groups -OCH3 is 1.